The van der Waals surface area contributed by atoms with Crippen LogP contribution in [0.5, 0.6) is 0 Å². The summed E-state index contributed by atoms with van der Waals surface area (Å²) in [6.45, 7) is 4.33. The first kappa shape index (κ1) is 15.3. The Kier molecular flexibility index (Phi) is 6.47. The van der Waals surface area contributed by atoms with Crippen molar-refractivity contribution in [2.24, 2.45) is 0 Å². The highest BCUT2D eigenvalue weighted by Crippen LogP contribution is 2.27. The summed E-state index contributed by atoms with van der Waals surface area (Å²) >= 11 is 3.17. The zero-order valence-corrected chi connectivity index (χ0v) is 12.7. The summed E-state index contributed by atoms with van der Waals surface area (Å²) in [7, 11) is 0. The molecule has 2 nitrogen and oxygen atoms in total. The van der Waals surface area contributed by atoms with E-state index in [1.54, 1.807) is 6.07 Å². The molecule has 4 heteroatoms. The van der Waals surface area contributed by atoms with Crippen LogP contribution in [0.3, 0.4) is 0 Å². The van der Waals surface area contributed by atoms with E-state index in [1.807, 2.05) is 0 Å². The molecule has 0 aromatic heterocycles. The van der Waals surface area contributed by atoms with Crippen LogP contribution in [0.2, 0.25) is 0 Å². The van der Waals surface area contributed by atoms with Crippen LogP contribution in [0.25, 0.3) is 0 Å². The SMILES string of the molecule is CCCCCCC(C)Nc1cc(Br)c(F)cc1N. The Morgan fingerprint density at radius 1 is 1.33 bits per heavy atom. The molecule has 1 aromatic rings. The average Bonchev–Trinajstić information content (AvgIpc) is 2.32. The largest absolute Gasteiger partial charge is 0.397 e. The lowest BCUT2D eigenvalue weighted by Gasteiger charge is -2.17. The van der Waals surface area contributed by atoms with E-state index in [0.717, 1.165) is 12.1 Å². The summed E-state index contributed by atoms with van der Waals surface area (Å²) < 4.78 is 13.7. The van der Waals surface area contributed by atoms with Crippen molar-refractivity contribution >= 4 is 27.3 Å². The highest BCUT2D eigenvalue weighted by molar-refractivity contribution is 9.10. The van der Waals surface area contributed by atoms with E-state index >= 15 is 0 Å². The Balaban J connectivity index is 2.48. The minimum Gasteiger partial charge on any atom is -0.397 e. The maximum Gasteiger partial charge on any atom is 0.139 e. The second-order valence-corrected chi connectivity index (χ2v) is 5.60. The zero-order valence-electron chi connectivity index (χ0n) is 11.1. The van der Waals surface area contributed by atoms with E-state index in [9.17, 15) is 4.39 Å². The van der Waals surface area contributed by atoms with E-state index in [0.29, 0.717) is 16.2 Å². The molecule has 0 fully saturated rings. The number of unbranched alkanes of at least 4 members (excludes halogenated alkanes) is 3. The number of hydrogen-bond donors (Lipinski definition) is 2. The third-order valence-corrected chi connectivity index (χ3v) is 3.59. The Labute approximate surface area is 117 Å². The number of halogens is 2. The molecule has 0 aliphatic heterocycles. The minimum absolute atomic E-state index is 0.325. The first-order valence-corrected chi connectivity index (χ1v) is 7.35. The van der Waals surface area contributed by atoms with E-state index in [-0.39, 0.29) is 5.82 Å². The highest BCUT2D eigenvalue weighted by Gasteiger charge is 2.08. The number of nitrogen functional groups attached to an aromatic ring is 1. The first-order chi connectivity index (χ1) is 8.54. The third-order valence-electron chi connectivity index (χ3n) is 2.99. The molecule has 0 amide bonds. The predicted octanol–water partition coefficient (Wildman–Crippen LogP) is 4.94. The van der Waals surface area contributed by atoms with Gasteiger partial charge in [-0.1, -0.05) is 32.6 Å². The van der Waals surface area contributed by atoms with Gasteiger partial charge in [-0.05, 0) is 35.3 Å². The maximum atomic E-state index is 13.2. The van der Waals surface area contributed by atoms with E-state index in [1.165, 1.54) is 31.7 Å². The maximum absolute atomic E-state index is 13.2. The lowest BCUT2D eigenvalue weighted by molar-refractivity contribution is 0.593. The van der Waals surface area contributed by atoms with Crippen molar-refractivity contribution < 1.29 is 4.39 Å². The van der Waals surface area contributed by atoms with Gasteiger partial charge in [0.05, 0.1) is 15.8 Å². The van der Waals surface area contributed by atoms with Crippen LogP contribution in [-0.4, -0.2) is 6.04 Å². The molecule has 0 saturated heterocycles. The molecular formula is C14H22BrFN2. The van der Waals surface area contributed by atoms with Gasteiger partial charge in [0.2, 0.25) is 0 Å². The van der Waals surface area contributed by atoms with Crippen molar-refractivity contribution in [3.8, 4) is 0 Å². The van der Waals surface area contributed by atoms with Crippen LogP contribution in [0.1, 0.15) is 46.0 Å². The Morgan fingerprint density at radius 2 is 2.06 bits per heavy atom. The Hall–Kier alpha value is -0.770. The van der Waals surface area contributed by atoms with Gasteiger partial charge in [0.25, 0.3) is 0 Å². The van der Waals surface area contributed by atoms with E-state index in [2.05, 4.69) is 35.1 Å². The molecule has 3 N–H and O–H groups in total. The van der Waals surface area contributed by atoms with E-state index in [4.69, 9.17) is 5.73 Å². The van der Waals surface area contributed by atoms with Crippen LogP contribution in [0.15, 0.2) is 16.6 Å². The molecule has 18 heavy (non-hydrogen) atoms. The second kappa shape index (κ2) is 7.62. The monoisotopic (exact) mass is 316 g/mol. The van der Waals surface area contributed by atoms with Crippen molar-refractivity contribution in [1.29, 1.82) is 0 Å². The summed E-state index contributed by atoms with van der Waals surface area (Å²) in [4.78, 5) is 0. The third kappa shape index (κ3) is 4.84. The zero-order chi connectivity index (χ0) is 13.5. The number of nitrogens with one attached hydrogen (secondary N) is 1. The number of nitrogens with two attached hydrogens (primary N) is 1. The van der Waals surface area contributed by atoms with Crippen molar-refractivity contribution in [3.63, 3.8) is 0 Å². The Morgan fingerprint density at radius 3 is 2.72 bits per heavy atom. The molecule has 1 aromatic carbocycles. The van der Waals surface area contributed by atoms with Gasteiger partial charge >= 0.3 is 0 Å². The normalized spacial score (nSPS) is 12.4. The van der Waals surface area contributed by atoms with Gasteiger partial charge in [-0.2, -0.15) is 0 Å². The molecule has 0 radical (unpaired) electrons. The average molecular weight is 317 g/mol. The molecular weight excluding hydrogens is 295 g/mol. The fourth-order valence-electron chi connectivity index (χ4n) is 1.90. The summed E-state index contributed by atoms with van der Waals surface area (Å²) in [6, 6.07) is 3.39. The smallest absolute Gasteiger partial charge is 0.139 e. The first-order valence-electron chi connectivity index (χ1n) is 6.55. The van der Waals surface area contributed by atoms with Crippen molar-refractivity contribution in [2.75, 3.05) is 11.1 Å². The summed E-state index contributed by atoms with van der Waals surface area (Å²) in [5.74, 6) is -0.325. The second-order valence-electron chi connectivity index (χ2n) is 4.75. The number of rotatable bonds is 7. The van der Waals surface area contributed by atoms with Crippen molar-refractivity contribution in [3.05, 3.63) is 22.4 Å². The summed E-state index contributed by atoms with van der Waals surface area (Å²) in [6.07, 6.45) is 6.13. The van der Waals surface area contributed by atoms with Crippen LogP contribution < -0.4 is 11.1 Å². The van der Waals surface area contributed by atoms with Gasteiger partial charge in [-0.3, -0.25) is 0 Å². The molecule has 0 spiro atoms. The highest BCUT2D eigenvalue weighted by atomic mass is 79.9. The lowest BCUT2D eigenvalue weighted by Crippen LogP contribution is -2.16. The number of anilines is 2. The molecule has 1 atom stereocenters. The van der Waals surface area contributed by atoms with Gasteiger partial charge < -0.3 is 11.1 Å². The molecule has 0 aliphatic rings. The standard InChI is InChI=1S/C14H22BrFN2/c1-3-4-5-6-7-10(2)18-14-8-11(15)12(16)9-13(14)17/h8-10,18H,3-7,17H2,1-2H3. The molecule has 1 rings (SSSR count). The van der Waals surface area contributed by atoms with Gasteiger partial charge in [-0.15, -0.1) is 0 Å². The predicted molar refractivity (Wildman–Crippen MR) is 80.4 cm³/mol. The summed E-state index contributed by atoms with van der Waals surface area (Å²) in [5, 5.41) is 3.33. The molecule has 102 valence electrons. The topological polar surface area (TPSA) is 38.0 Å². The molecule has 0 bridgehead atoms. The molecule has 0 saturated carbocycles. The van der Waals surface area contributed by atoms with Gasteiger partial charge in [0.1, 0.15) is 5.82 Å². The van der Waals surface area contributed by atoms with Crippen LogP contribution in [0.4, 0.5) is 15.8 Å². The van der Waals surface area contributed by atoms with Crippen LogP contribution in [0, 0.1) is 5.82 Å². The van der Waals surface area contributed by atoms with Gasteiger partial charge in [-0.25, -0.2) is 4.39 Å². The number of hydrogen-bond acceptors (Lipinski definition) is 2. The minimum atomic E-state index is -0.325. The van der Waals surface area contributed by atoms with Crippen LogP contribution >= 0.6 is 15.9 Å². The van der Waals surface area contributed by atoms with Gasteiger partial charge in [0.15, 0.2) is 0 Å². The fourth-order valence-corrected chi connectivity index (χ4v) is 2.25. The summed E-state index contributed by atoms with van der Waals surface area (Å²) in [5.41, 5.74) is 7.04. The van der Waals surface area contributed by atoms with Crippen LogP contribution in [-0.2, 0) is 0 Å². The Bertz CT molecular complexity index is 382. The molecule has 0 aliphatic carbocycles. The molecule has 0 heterocycles. The van der Waals surface area contributed by atoms with Crippen molar-refractivity contribution in [2.45, 2.75) is 52.0 Å². The van der Waals surface area contributed by atoms with Gasteiger partial charge in [0, 0.05) is 12.1 Å². The lowest BCUT2D eigenvalue weighted by atomic mass is 10.1. The molecule has 1 unspecified atom stereocenters. The fraction of sp³-hybridized carbons (Fsp3) is 0.571. The van der Waals surface area contributed by atoms with Crippen molar-refractivity contribution in [1.82, 2.24) is 0 Å². The number of benzene rings is 1. The van der Waals surface area contributed by atoms with E-state index < -0.39 is 0 Å². The quantitative estimate of drug-likeness (QED) is 0.552.